The van der Waals surface area contributed by atoms with Gasteiger partial charge in [0.25, 0.3) is 0 Å². The maximum absolute atomic E-state index is 12.2. The third-order valence-electron chi connectivity index (χ3n) is 4.25. The standard InChI is InChI=1S/C18H15N3O4/c1-24-18(23)12-7-16(22)21(10-12)13-4-5-15-14(8-13)20-17(25-15)11-3-2-6-19-9-11/h2-6,8-9,12H,7,10H2,1H3/t12-/m0/s1. The first-order chi connectivity index (χ1) is 12.2. The number of hydrogen-bond acceptors (Lipinski definition) is 6. The van der Waals surface area contributed by atoms with Crippen LogP contribution in [0.25, 0.3) is 22.6 Å². The van der Waals surface area contributed by atoms with Crippen LogP contribution in [0.2, 0.25) is 0 Å². The number of pyridine rings is 1. The molecule has 3 aromatic rings. The van der Waals surface area contributed by atoms with Crippen molar-refractivity contribution >= 4 is 28.7 Å². The minimum Gasteiger partial charge on any atom is -0.469 e. The molecule has 0 bridgehead atoms. The maximum atomic E-state index is 12.2. The zero-order valence-electron chi connectivity index (χ0n) is 13.5. The molecule has 1 saturated heterocycles. The molecule has 1 aromatic carbocycles. The smallest absolute Gasteiger partial charge is 0.311 e. The van der Waals surface area contributed by atoms with Gasteiger partial charge in [0.05, 0.1) is 18.6 Å². The lowest BCUT2D eigenvalue weighted by atomic mass is 10.1. The average Bonchev–Trinajstić information content (AvgIpc) is 3.24. The summed E-state index contributed by atoms with van der Waals surface area (Å²) in [6, 6.07) is 9.03. The third kappa shape index (κ3) is 2.73. The molecule has 4 rings (SSSR count). The van der Waals surface area contributed by atoms with Crippen molar-refractivity contribution in [3.63, 3.8) is 0 Å². The Labute approximate surface area is 143 Å². The summed E-state index contributed by atoms with van der Waals surface area (Å²) >= 11 is 0. The summed E-state index contributed by atoms with van der Waals surface area (Å²) in [6.45, 7) is 0.310. The topological polar surface area (TPSA) is 85.5 Å². The van der Waals surface area contributed by atoms with Crippen LogP contribution in [-0.4, -0.2) is 35.5 Å². The lowest BCUT2D eigenvalue weighted by Crippen LogP contribution is -2.26. The number of benzene rings is 1. The zero-order valence-corrected chi connectivity index (χ0v) is 13.5. The van der Waals surface area contributed by atoms with Crippen LogP contribution in [-0.2, 0) is 14.3 Å². The van der Waals surface area contributed by atoms with E-state index in [1.54, 1.807) is 35.5 Å². The summed E-state index contributed by atoms with van der Waals surface area (Å²) in [5.74, 6) is -0.431. The van der Waals surface area contributed by atoms with E-state index in [0.29, 0.717) is 29.2 Å². The molecule has 1 aliphatic rings. The Balaban J connectivity index is 1.66. The van der Waals surface area contributed by atoms with Crippen LogP contribution in [0.5, 0.6) is 0 Å². The van der Waals surface area contributed by atoms with Gasteiger partial charge in [0.1, 0.15) is 5.52 Å². The van der Waals surface area contributed by atoms with E-state index in [1.807, 2.05) is 12.1 Å². The number of hydrogen-bond donors (Lipinski definition) is 0. The first-order valence-corrected chi connectivity index (χ1v) is 7.85. The highest BCUT2D eigenvalue weighted by molar-refractivity contribution is 6.00. The van der Waals surface area contributed by atoms with Gasteiger partial charge in [-0.2, -0.15) is 0 Å². The number of esters is 1. The van der Waals surface area contributed by atoms with Crippen molar-refractivity contribution in [1.82, 2.24) is 9.97 Å². The second-order valence-corrected chi connectivity index (χ2v) is 5.84. The third-order valence-corrected chi connectivity index (χ3v) is 4.25. The van der Waals surface area contributed by atoms with Crippen LogP contribution in [0.3, 0.4) is 0 Å². The van der Waals surface area contributed by atoms with Gasteiger partial charge in [-0.25, -0.2) is 4.98 Å². The largest absolute Gasteiger partial charge is 0.469 e. The van der Waals surface area contributed by atoms with Crippen LogP contribution >= 0.6 is 0 Å². The van der Waals surface area contributed by atoms with Crippen LogP contribution in [0.15, 0.2) is 47.1 Å². The molecule has 7 heteroatoms. The highest BCUT2D eigenvalue weighted by Gasteiger charge is 2.36. The molecule has 7 nitrogen and oxygen atoms in total. The zero-order chi connectivity index (χ0) is 17.4. The summed E-state index contributed by atoms with van der Waals surface area (Å²) in [7, 11) is 1.33. The normalized spacial score (nSPS) is 17.2. The molecule has 1 fully saturated rings. The molecule has 126 valence electrons. The number of ether oxygens (including phenoxy) is 1. The van der Waals surface area contributed by atoms with Crippen molar-refractivity contribution in [2.24, 2.45) is 5.92 Å². The van der Waals surface area contributed by atoms with Crippen LogP contribution in [0.4, 0.5) is 5.69 Å². The number of methoxy groups -OCH3 is 1. The fraction of sp³-hybridized carbons (Fsp3) is 0.222. The molecule has 0 aliphatic carbocycles. The van der Waals surface area contributed by atoms with Crippen LogP contribution < -0.4 is 4.90 Å². The number of nitrogens with zero attached hydrogens (tertiary/aromatic N) is 3. The molecule has 25 heavy (non-hydrogen) atoms. The number of carbonyl (C=O) groups is 2. The number of oxazole rings is 1. The summed E-state index contributed by atoms with van der Waals surface area (Å²) in [5.41, 5.74) is 2.74. The van der Waals surface area contributed by atoms with Gasteiger partial charge >= 0.3 is 5.97 Å². The second-order valence-electron chi connectivity index (χ2n) is 5.84. The molecule has 1 amide bonds. The van der Waals surface area contributed by atoms with Gasteiger partial charge in [0.2, 0.25) is 11.8 Å². The quantitative estimate of drug-likeness (QED) is 0.682. The van der Waals surface area contributed by atoms with Crippen molar-refractivity contribution in [2.75, 3.05) is 18.6 Å². The Bertz CT molecular complexity index is 951. The number of amides is 1. The Hall–Kier alpha value is -3.22. The predicted molar refractivity (Wildman–Crippen MR) is 89.7 cm³/mol. The molecule has 1 atom stereocenters. The fourth-order valence-electron chi connectivity index (χ4n) is 2.98. The SMILES string of the molecule is COC(=O)[C@H]1CC(=O)N(c2ccc3oc(-c4cccnc4)nc3c2)C1. The number of fused-ring (bicyclic) bond motifs is 1. The molecule has 1 aliphatic heterocycles. The van der Waals surface area contributed by atoms with Crippen molar-refractivity contribution in [1.29, 1.82) is 0 Å². The van der Waals surface area contributed by atoms with E-state index in [-0.39, 0.29) is 18.3 Å². The lowest BCUT2D eigenvalue weighted by molar-refractivity contribution is -0.145. The van der Waals surface area contributed by atoms with Crippen molar-refractivity contribution < 1.29 is 18.7 Å². The van der Waals surface area contributed by atoms with Gasteiger partial charge in [-0.15, -0.1) is 0 Å². The van der Waals surface area contributed by atoms with Gasteiger partial charge in [0.15, 0.2) is 5.58 Å². The number of aromatic nitrogens is 2. The van der Waals surface area contributed by atoms with Gasteiger partial charge in [-0.1, -0.05) is 0 Å². The fourth-order valence-corrected chi connectivity index (χ4v) is 2.98. The van der Waals surface area contributed by atoms with E-state index in [2.05, 4.69) is 9.97 Å². The van der Waals surface area contributed by atoms with E-state index >= 15 is 0 Å². The Morgan fingerprint density at radius 2 is 2.24 bits per heavy atom. The lowest BCUT2D eigenvalue weighted by Gasteiger charge is -2.16. The second kappa shape index (κ2) is 6.01. The summed E-state index contributed by atoms with van der Waals surface area (Å²) < 4.78 is 10.5. The molecule has 2 aromatic heterocycles. The molecule has 0 N–H and O–H groups in total. The minimum absolute atomic E-state index is 0.106. The van der Waals surface area contributed by atoms with Crippen molar-refractivity contribution in [2.45, 2.75) is 6.42 Å². The molecule has 0 saturated carbocycles. The summed E-state index contributed by atoms with van der Waals surface area (Å²) in [5, 5.41) is 0. The van der Waals surface area contributed by atoms with E-state index in [9.17, 15) is 9.59 Å². The highest BCUT2D eigenvalue weighted by atomic mass is 16.5. The first kappa shape index (κ1) is 15.3. The van der Waals surface area contributed by atoms with Gasteiger partial charge < -0.3 is 14.1 Å². The maximum Gasteiger partial charge on any atom is 0.311 e. The summed E-state index contributed by atoms with van der Waals surface area (Å²) in [4.78, 5) is 34.0. The number of rotatable bonds is 3. The van der Waals surface area contributed by atoms with E-state index in [1.165, 1.54) is 7.11 Å². The first-order valence-electron chi connectivity index (χ1n) is 7.85. The molecule has 0 radical (unpaired) electrons. The molecule has 3 heterocycles. The predicted octanol–water partition coefficient (Wildman–Crippen LogP) is 2.42. The molecule has 0 spiro atoms. The minimum atomic E-state index is -0.434. The number of anilines is 1. The van der Waals surface area contributed by atoms with Crippen molar-refractivity contribution in [3.05, 3.63) is 42.7 Å². The summed E-state index contributed by atoms with van der Waals surface area (Å²) in [6.07, 6.45) is 3.52. The Morgan fingerprint density at radius 3 is 3.00 bits per heavy atom. The average molecular weight is 337 g/mol. The van der Waals surface area contributed by atoms with Gasteiger partial charge in [0, 0.05) is 31.0 Å². The number of carbonyl (C=O) groups excluding carboxylic acids is 2. The molecule has 0 unspecified atom stereocenters. The van der Waals surface area contributed by atoms with E-state index < -0.39 is 5.92 Å². The monoisotopic (exact) mass is 337 g/mol. The highest BCUT2D eigenvalue weighted by Crippen LogP contribution is 2.30. The van der Waals surface area contributed by atoms with Gasteiger partial charge in [-0.3, -0.25) is 14.6 Å². The van der Waals surface area contributed by atoms with Gasteiger partial charge in [-0.05, 0) is 30.3 Å². The van der Waals surface area contributed by atoms with E-state index in [0.717, 1.165) is 5.56 Å². The van der Waals surface area contributed by atoms with Crippen LogP contribution in [0.1, 0.15) is 6.42 Å². The molecular formula is C18H15N3O4. The molecular weight excluding hydrogens is 322 g/mol. The van der Waals surface area contributed by atoms with Crippen molar-refractivity contribution in [3.8, 4) is 11.5 Å². The Morgan fingerprint density at radius 1 is 1.36 bits per heavy atom. The van der Waals surface area contributed by atoms with Crippen LogP contribution in [0, 0.1) is 5.92 Å². The van der Waals surface area contributed by atoms with E-state index in [4.69, 9.17) is 9.15 Å². The Kier molecular flexibility index (Phi) is 3.68.